The van der Waals surface area contributed by atoms with Gasteiger partial charge in [0.1, 0.15) is 12.0 Å². The van der Waals surface area contributed by atoms with Crippen molar-refractivity contribution in [2.24, 2.45) is 0 Å². The number of nitrogens with one attached hydrogen (secondary N) is 1. The standard InChI is InChI=1S/C6H11NO3/c1-5(9)7-3-6(4-8)10-2/h4,8H,3H2,1-2H3,(H,7,9)/b6-4+. The SMILES string of the molecule is CO/C(=C/O)CNC(C)=O. The maximum absolute atomic E-state index is 10.3. The van der Waals surface area contributed by atoms with E-state index in [1.807, 2.05) is 0 Å². The minimum Gasteiger partial charge on any atom is -0.512 e. The maximum atomic E-state index is 10.3. The van der Waals surface area contributed by atoms with Crippen LogP contribution in [0.15, 0.2) is 12.0 Å². The van der Waals surface area contributed by atoms with E-state index in [1.54, 1.807) is 0 Å². The van der Waals surface area contributed by atoms with Crippen molar-refractivity contribution in [2.75, 3.05) is 13.7 Å². The molecule has 0 spiro atoms. The second kappa shape index (κ2) is 4.67. The molecule has 0 bridgehead atoms. The largest absolute Gasteiger partial charge is 0.512 e. The van der Waals surface area contributed by atoms with Crippen molar-refractivity contribution in [1.29, 1.82) is 0 Å². The van der Waals surface area contributed by atoms with E-state index in [1.165, 1.54) is 14.0 Å². The zero-order chi connectivity index (χ0) is 7.98. The summed E-state index contributed by atoms with van der Waals surface area (Å²) in [6.45, 7) is 1.62. The Morgan fingerprint density at radius 1 is 1.80 bits per heavy atom. The van der Waals surface area contributed by atoms with Crippen molar-refractivity contribution in [3.05, 3.63) is 12.0 Å². The van der Waals surface area contributed by atoms with E-state index in [4.69, 9.17) is 5.11 Å². The Morgan fingerprint density at radius 2 is 2.40 bits per heavy atom. The number of hydrogen-bond acceptors (Lipinski definition) is 3. The predicted octanol–water partition coefficient (Wildman–Crippen LogP) is 0.168. The molecule has 2 N–H and O–H groups in total. The van der Waals surface area contributed by atoms with E-state index in [2.05, 4.69) is 10.1 Å². The maximum Gasteiger partial charge on any atom is 0.217 e. The topological polar surface area (TPSA) is 58.6 Å². The molecule has 10 heavy (non-hydrogen) atoms. The van der Waals surface area contributed by atoms with Gasteiger partial charge in [-0.1, -0.05) is 0 Å². The highest BCUT2D eigenvalue weighted by molar-refractivity contribution is 5.72. The molecule has 0 aromatic heterocycles. The Balaban J connectivity index is 3.56. The molecule has 0 saturated heterocycles. The normalized spacial score (nSPS) is 10.8. The van der Waals surface area contributed by atoms with E-state index < -0.39 is 0 Å². The quantitative estimate of drug-likeness (QED) is 0.556. The summed E-state index contributed by atoms with van der Waals surface area (Å²) in [6, 6.07) is 0. The second-order valence-electron chi connectivity index (χ2n) is 1.71. The molecular formula is C6H11NO3. The van der Waals surface area contributed by atoms with Crippen molar-refractivity contribution in [1.82, 2.24) is 5.32 Å². The monoisotopic (exact) mass is 145 g/mol. The Labute approximate surface area is 59.5 Å². The fraction of sp³-hybridized carbons (Fsp3) is 0.500. The van der Waals surface area contributed by atoms with Crippen molar-refractivity contribution in [3.8, 4) is 0 Å². The minimum atomic E-state index is -0.156. The molecular weight excluding hydrogens is 134 g/mol. The van der Waals surface area contributed by atoms with Crippen LogP contribution in [0.4, 0.5) is 0 Å². The summed E-state index contributed by atoms with van der Waals surface area (Å²) >= 11 is 0. The Morgan fingerprint density at radius 3 is 2.70 bits per heavy atom. The van der Waals surface area contributed by atoms with Crippen molar-refractivity contribution >= 4 is 5.91 Å². The Kier molecular flexibility index (Phi) is 4.11. The van der Waals surface area contributed by atoms with Gasteiger partial charge in [-0.25, -0.2) is 0 Å². The molecule has 0 rings (SSSR count). The second-order valence-corrected chi connectivity index (χ2v) is 1.71. The average Bonchev–Trinajstić information content (AvgIpc) is 1.90. The fourth-order valence-corrected chi connectivity index (χ4v) is 0.382. The summed E-state index contributed by atoms with van der Waals surface area (Å²) in [7, 11) is 1.42. The summed E-state index contributed by atoms with van der Waals surface area (Å²) in [4.78, 5) is 10.3. The van der Waals surface area contributed by atoms with E-state index in [-0.39, 0.29) is 12.5 Å². The first-order valence-corrected chi connectivity index (χ1v) is 2.82. The van der Waals surface area contributed by atoms with Gasteiger partial charge < -0.3 is 15.2 Å². The third-order valence-electron chi connectivity index (χ3n) is 0.918. The first kappa shape index (κ1) is 8.81. The molecule has 0 aliphatic rings. The molecule has 0 heterocycles. The zero-order valence-corrected chi connectivity index (χ0v) is 6.05. The molecule has 0 unspecified atom stereocenters. The smallest absolute Gasteiger partial charge is 0.217 e. The third-order valence-corrected chi connectivity index (χ3v) is 0.918. The van der Waals surface area contributed by atoms with Crippen LogP contribution in [-0.4, -0.2) is 24.7 Å². The van der Waals surface area contributed by atoms with Crippen LogP contribution in [0.3, 0.4) is 0 Å². The lowest BCUT2D eigenvalue weighted by atomic mass is 10.5. The molecule has 0 aromatic carbocycles. The van der Waals surface area contributed by atoms with Gasteiger partial charge in [0.25, 0.3) is 0 Å². The predicted molar refractivity (Wildman–Crippen MR) is 36.4 cm³/mol. The lowest BCUT2D eigenvalue weighted by molar-refractivity contribution is -0.118. The highest BCUT2D eigenvalue weighted by Gasteiger charge is 1.95. The number of hydrogen-bond donors (Lipinski definition) is 2. The summed E-state index contributed by atoms with van der Waals surface area (Å²) in [5.74, 6) is 0.173. The van der Waals surface area contributed by atoms with E-state index in [0.29, 0.717) is 5.76 Å². The number of aliphatic hydroxyl groups is 1. The van der Waals surface area contributed by atoms with Gasteiger partial charge in [-0.2, -0.15) is 0 Å². The summed E-state index contributed by atoms with van der Waals surface area (Å²) < 4.78 is 4.65. The molecule has 0 saturated carbocycles. The average molecular weight is 145 g/mol. The molecule has 58 valence electrons. The Bertz CT molecular complexity index is 142. The van der Waals surface area contributed by atoms with Gasteiger partial charge in [-0.15, -0.1) is 0 Å². The molecule has 0 aromatic rings. The third kappa shape index (κ3) is 3.77. The molecule has 0 aliphatic heterocycles. The molecule has 4 heteroatoms. The first-order chi connectivity index (χ1) is 4.70. The fourth-order valence-electron chi connectivity index (χ4n) is 0.382. The first-order valence-electron chi connectivity index (χ1n) is 2.82. The number of carbonyl (C=O) groups excluding carboxylic acids is 1. The number of ether oxygens (including phenoxy) is 1. The lowest BCUT2D eigenvalue weighted by Gasteiger charge is -2.03. The van der Waals surface area contributed by atoms with Crippen molar-refractivity contribution in [2.45, 2.75) is 6.92 Å². The summed E-state index contributed by atoms with van der Waals surface area (Å²) in [5.41, 5.74) is 0. The number of methoxy groups -OCH3 is 1. The van der Waals surface area contributed by atoms with Gasteiger partial charge in [0.2, 0.25) is 5.91 Å². The van der Waals surface area contributed by atoms with Crippen LogP contribution in [0.25, 0.3) is 0 Å². The lowest BCUT2D eigenvalue weighted by Crippen LogP contribution is -2.22. The minimum absolute atomic E-state index is 0.156. The van der Waals surface area contributed by atoms with E-state index >= 15 is 0 Å². The molecule has 4 nitrogen and oxygen atoms in total. The van der Waals surface area contributed by atoms with Gasteiger partial charge >= 0.3 is 0 Å². The van der Waals surface area contributed by atoms with Crippen LogP contribution in [0.2, 0.25) is 0 Å². The van der Waals surface area contributed by atoms with Crippen LogP contribution < -0.4 is 5.32 Å². The number of aliphatic hydroxyl groups excluding tert-OH is 1. The highest BCUT2D eigenvalue weighted by Crippen LogP contribution is 1.88. The number of amides is 1. The molecule has 0 aliphatic carbocycles. The van der Waals surface area contributed by atoms with Crippen LogP contribution in [-0.2, 0) is 9.53 Å². The van der Waals surface area contributed by atoms with Crippen LogP contribution in [0.1, 0.15) is 6.92 Å². The number of rotatable bonds is 3. The molecule has 1 amide bonds. The van der Waals surface area contributed by atoms with Gasteiger partial charge in [-0.3, -0.25) is 4.79 Å². The van der Waals surface area contributed by atoms with E-state index in [0.717, 1.165) is 6.26 Å². The summed E-state index contributed by atoms with van der Waals surface area (Å²) in [5, 5.41) is 10.9. The van der Waals surface area contributed by atoms with Crippen molar-refractivity contribution < 1.29 is 14.6 Å². The highest BCUT2D eigenvalue weighted by atomic mass is 16.5. The van der Waals surface area contributed by atoms with Crippen LogP contribution in [0.5, 0.6) is 0 Å². The van der Waals surface area contributed by atoms with Crippen LogP contribution in [0, 0.1) is 0 Å². The summed E-state index contributed by atoms with van der Waals surface area (Å²) in [6.07, 6.45) is 0.815. The van der Waals surface area contributed by atoms with Crippen LogP contribution >= 0.6 is 0 Å². The molecule has 0 radical (unpaired) electrons. The van der Waals surface area contributed by atoms with Gasteiger partial charge in [0.05, 0.1) is 13.7 Å². The molecule has 0 fully saturated rings. The zero-order valence-electron chi connectivity index (χ0n) is 6.05. The van der Waals surface area contributed by atoms with Gasteiger partial charge in [-0.05, 0) is 0 Å². The van der Waals surface area contributed by atoms with Gasteiger partial charge in [0, 0.05) is 6.92 Å². The van der Waals surface area contributed by atoms with Gasteiger partial charge in [0.15, 0.2) is 0 Å². The number of carbonyl (C=O) groups is 1. The van der Waals surface area contributed by atoms with Crippen molar-refractivity contribution in [3.63, 3.8) is 0 Å². The van der Waals surface area contributed by atoms with E-state index in [9.17, 15) is 4.79 Å². The molecule has 0 atom stereocenters. The Hall–Kier alpha value is -1.19.